The highest BCUT2D eigenvalue weighted by Crippen LogP contribution is 2.24. The van der Waals surface area contributed by atoms with Gasteiger partial charge in [-0.2, -0.15) is 0 Å². The van der Waals surface area contributed by atoms with Gasteiger partial charge in [-0.15, -0.1) is 0 Å². The molecule has 2 atom stereocenters. The molecule has 0 heterocycles. The summed E-state index contributed by atoms with van der Waals surface area (Å²) in [4.78, 5) is 14.2. The van der Waals surface area contributed by atoms with Crippen LogP contribution in [0.1, 0.15) is 36.0 Å². The van der Waals surface area contributed by atoms with Crippen LogP contribution < -0.4 is 0 Å². The fourth-order valence-corrected chi connectivity index (χ4v) is 2.49. The standard InChI is InChI=1S/C15H21NO2/c1-16(2)13-9-6-10-14(11-13)18-15(17)12-7-4-3-5-8-12/h3-5,7-8,13-14H,6,9-11H2,1-2H3/t13-,14-/m0/s1. The summed E-state index contributed by atoms with van der Waals surface area (Å²) in [5.74, 6) is -0.194. The molecule has 1 aromatic rings. The summed E-state index contributed by atoms with van der Waals surface area (Å²) in [5.41, 5.74) is 0.643. The normalized spacial score (nSPS) is 23.9. The number of benzene rings is 1. The molecule has 1 aliphatic carbocycles. The Morgan fingerprint density at radius 3 is 2.61 bits per heavy atom. The molecule has 0 saturated heterocycles. The lowest BCUT2D eigenvalue weighted by Gasteiger charge is -2.32. The summed E-state index contributed by atoms with van der Waals surface area (Å²) in [7, 11) is 4.18. The number of nitrogens with zero attached hydrogens (tertiary/aromatic N) is 1. The molecule has 3 nitrogen and oxygen atoms in total. The van der Waals surface area contributed by atoms with Gasteiger partial charge in [0.25, 0.3) is 0 Å². The van der Waals surface area contributed by atoms with E-state index in [0.717, 1.165) is 19.3 Å². The lowest BCUT2D eigenvalue weighted by Crippen LogP contribution is -2.37. The van der Waals surface area contributed by atoms with Crippen LogP contribution in [0.5, 0.6) is 0 Å². The first-order valence-electron chi connectivity index (χ1n) is 6.59. The molecule has 18 heavy (non-hydrogen) atoms. The molecule has 0 radical (unpaired) electrons. The molecular formula is C15H21NO2. The van der Waals surface area contributed by atoms with E-state index < -0.39 is 0 Å². The van der Waals surface area contributed by atoms with E-state index in [0.29, 0.717) is 11.6 Å². The predicted octanol–water partition coefficient (Wildman–Crippen LogP) is 2.72. The van der Waals surface area contributed by atoms with E-state index in [4.69, 9.17) is 4.74 Å². The summed E-state index contributed by atoms with van der Waals surface area (Å²) in [6.45, 7) is 0. The van der Waals surface area contributed by atoms with E-state index in [-0.39, 0.29) is 12.1 Å². The van der Waals surface area contributed by atoms with Crippen LogP contribution in [0.2, 0.25) is 0 Å². The Morgan fingerprint density at radius 2 is 1.94 bits per heavy atom. The minimum atomic E-state index is -0.194. The lowest BCUT2D eigenvalue weighted by molar-refractivity contribution is 0.0107. The number of carbonyl (C=O) groups excluding carboxylic acids is 1. The highest BCUT2D eigenvalue weighted by atomic mass is 16.5. The zero-order chi connectivity index (χ0) is 13.0. The van der Waals surface area contributed by atoms with Crippen LogP contribution in [0.15, 0.2) is 30.3 Å². The average Bonchev–Trinajstić information content (AvgIpc) is 2.40. The molecule has 0 amide bonds. The smallest absolute Gasteiger partial charge is 0.338 e. The van der Waals surface area contributed by atoms with Crippen LogP contribution in [-0.4, -0.2) is 37.1 Å². The Morgan fingerprint density at radius 1 is 1.22 bits per heavy atom. The Hall–Kier alpha value is -1.35. The number of ether oxygens (including phenoxy) is 1. The van der Waals surface area contributed by atoms with Crippen molar-refractivity contribution in [3.63, 3.8) is 0 Å². The van der Waals surface area contributed by atoms with E-state index in [1.54, 1.807) is 12.1 Å². The van der Waals surface area contributed by atoms with E-state index in [1.165, 1.54) is 6.42 Å². The fraction of sp³-hybridized carbons (Fsp3) is 0.533. The zero-order valence-corrected chi connectivity index (χ0v) is 11.1. The Labute approximate surface area is 109 Å². The molecule has 0 unspecified atom stereocenters. The molecule has 0 bridgehead atoms. The summed E-state index contributed by atoms with van der Waals surface area (Å²) < 4.78 is 5.59. The first-order valence-corrected chi connectivity index (χ1v) is 6.59. The second kappa shape index (κ2) is 6.01. The maximum absolute atomic E-state index is 12.0. The molecule has 3 heteroatoms. The predicted molar refractivity (Wildman–Crippen MR) is 71.6 cm³/mol. The molecule has 0 spiro atoms. The number of carbonyl (C=O) groups is 1. The van der Waals surface area contributed by atoms with Crippen LogP contribution in [-0.2, 0) is 4.74 Å². The Kier molecular flexibility index (Phi) is 4.37. The van der Waals surface area contributed by atoms with Crippen molar-refractivity contribution >= 4 is 5.97 Å². The highest BCUT2D eigenvalue weighted by Gasteiger charge is 2.26. The first kappa shape index (κ1) is 13.1. The third-order valence-corrected chi connectivity index (χ3v) is 3.61. The molecule has 0 aliphatic heterocycles. The third kappa shape index (κ3) is 3.33. The third-order valence-electron chi connectivity index (χ3n) is 3.61. The maximum atomic E-state index is 12.0. The van der Waals surface area contributed by atoms with E-state index >= 15 is 0 Å². The molecule has 98 valence electrons. The average molecular weight is 247 g/mol. The van der Waals surface area contributed by atoms with Crippen molar-refractivity contribution in [2.45, 2.75) is 37.8 Å². The molecular weight excluding hydrogens is 226 g/mol. The van der Waals surface area contributed by atoms with Gasteiger partial charge < -0.3 is 9.64 Å². The minimum Gasteiger partial charge on any atom is -0.459 e. The summed E-state index contributed by atoms with van der Waals surface area (Å²) in [6.07, 6.45) is 4.34. The quantitative estimate of drug-likeness (QED) is 0.769. The minimum absolute atomic E-state index is 0.0684. The van der Waals surface area contributed by atoms with Gasteiger partial charge in [-0.1, -0.05) is 18.2 Å². The van der Waals surface area contributed by atoms with Gasteiger partial charge in [0.2, 0.25) is 0 Å². The van der Waals surface area contributed by atoms with Crippen molar-refractivity contribution in [2.24, 2.45) is 0 Å². The van der Waals surface area contributed by atoms with Gasteiger partial charge >= 0.3 is 5.97 Å². The van der Waals surface area contributed by atoms with Crippen molar-refractivity contribution in [3.8, 4) is 0 Å². The summed E-state index contributed by atoms with van der Waals surface area (Å²) in [6, 6.07) is 9.76. The van der Waals surface area contributed by atoms with Gasteiger partial charge in [0, 0.05) is 6.04 Å². The molecule has 1 saturated carbocycles. The van der Waals surface area contributed by atoms with Crippen LogP contribution in [0, 0.1) is 0 Å². The molecule has 2 rings (SSSR count). The van der Waals surface area contributed by atoms with Crippen LogP contribution in [0.3, 0.4) is 0 Å². The van der Waals surface area contributed by atoms with Crippen molar-refractivity contribution in [1.82, 2.24) is 4.90 Å². The molecule has 0 N–H and O–H groups in total. The number of rotatable bonds is 3. The van der Waals surface area contributed by atoms with E-state index in [2.05, 4.69) is 19.0 Å². The van der Waals surface area contributed by atoms with Crippen molar-refractivity contribution < 1.29 is 9.53 Å². The number of hydrogen-bond donors (Lipinski definition) is 0. The van der Waals surface area contributed by atoms with Gasteiger partial charge in [0.05, 0.1) is 5.56 Å². The molecule has 1 aliphatic rings. The Bertz CT molecular complexity index is 389. The zero-order valence-electron chi connectivity index (χ0n) is 11.1. The fourth-order valence-electron chi connectivity index (χ4n) is 2.49. The van der Waals surface area contributed by atoms with Gasteiger partial charge in [-0.05, 0) is 51.9 Å². The van der Waals surface area contributed by atoms with Gasteiger partial charge in [-0.3, -0.25) is 0 Å². The van der Waals surface area contributed by atoms with E-state index in [1.807, 2.05) is 18.2 Å². The molecule has 1 fully saturated rings. The van der Waals surface area contributed by atoms with Crippen molar-refractivity contribution in [1.29, 1.82) is 0 Å². The number of hydrogen-bond acceptors (Lipinski definition) is 3. The van der Waals surface area contributed by atoms with E-state index in [9.17, 15) is 4.79 Å². The second-order valence-corrected chi connectivity index (χ2v) is 5.18. The number of esters is 1. The van der Waals surface area contributed by atoms with Gasteiger partial charge in [0.1, 0.15) is 6.10 Å². The van der Waals surface area contributed by atoms with Crippen LogP contribution in [0.25, 0.3) is 0 Å². The Balaban J connectivity index is 1.91. The van der Waals surface area contributed by atoms with Crippen molar-refractivity contribution in [3.05, 3.63) is 35.9 Å². The maximum Gasteiger partial charge on any atom is 0.338 e. The first-order chi connectivity index (χ1) is 8.66. The largest absolute Gasteiger partial charge is 0.459 e. The van der Waals surface area contributed by atoms with Crippen LogP contribution >= 0.6 is 0 Å². The molecule has 0 aromatic heterocycles. The van der Waals surface area contributed by atoms with Gasteiger partial charge in [-0.25, -0.2) is 4.79 Å². The summed E-state index contributed by atoms with van der Waals surface area (Å²) in [5, 5.41) is 0. The SMILES string of the molecule is CN(C)[C@H]1CCC[C@H](OC(=O)c2ccccc2)C1. The van der Waals surface area contributed by atoms with Crippen molar-refractivity contribution in [2.75, 3.05) is 14.1 Å². The second-order valence-electron chi connectivity index (χ2n) is 5.18. The lowest BCUT2D eigenvalue weighted by atomic mass is 9.92. The topological polar surface area (TPSA) is 29.5 Å². The van der Waals surface area contributed by atoms with Gasteiger partial charge in [0.15, 0.2) is 0 Å². The summed E-state index contributed by atoms with van der Waals surface area (Å²) >= 11 is 0. The van der Waals surface area contributed by atoms with Crippen LogP contribution in [0.4, 0.5) is 0 Å². The monoisotopic (exact) mass is 247 g/mol. The highest BCUT2D eigenvalue weighted by molar-refractivity contribution is 5.89. The molecule has 1 aromatic carbocycles.